The molecule has 2 aromatic rings. The van der Waals surface area contributed by atoms with Gasteiger partial charge in [-0.15, -0.1) is 0 Å². The average Bonchev–Trinajstić information content (AvgIpc) is 2.99. The lowest BCUT2D eigenvalue weighted by Gasteiger charge is -2.02. The van der Waals surface area contributed by atoms with E-state index in [1.165, 1.54) is 18.4 Å². The van der Waals surface area contributed by atoms with E-state index >= 15 is 0 Å². The van der Waals surface area contributed by atoms with Crippen molar-refractivity contribution in [1.29, 1.82) is 0 Å². The number of sulfonamides is 1. The van der Waals surface area contributed by atoms with Crippen molar-refractivity contribution in [3.63, 3.8) is 0 Å². The predicted octanol–water partition coefficient (Wildman–Crippen LogP) is 0.886. The maximum absolute atomic E-state index is 11.8. The van der Waals surface area contributed by atoms with Gasteiger partial charge in [0, 0.05) is 13.0 Å². The normalized spacial score (nSPS) is 11.8. The first-order chi connectivity index (χ1) is 8.62. The molecule has 2 heterocycles. The van der Waals surface area contributed by atoms with Crippen molar-refractivity contribution in [2.75, 3.05) is 6.54 Å². The van der Waals surface area contributed by atoms with Crippen molar-refractivity contribution >= 4 is 10.0 Å². The topological polar surface area (TPSA) is 92.7 Å². The monoisotopic (exact) mass is 271 g/mol. The van der Waals surface area contributed by atoms with Gasteiger partial charge < -0.3 is 13.9 Å². The lowest BCUT2D eigenvalue weighted by atomic mass is 10.3. The van der Waals surface area contributed by atoms with Crippen LogP contribution < -0.4 is 4.72 Å². The largest absolute Gasteiger partial charge is 0.469 e. The second-order valence-corrected chi connectivity index (χ2v) is 5.30. The zero-order chi connectivity index (χ0) is 13.0. The first-order valence-corrected chi connectivity index (χ1v) is 6.82. The van der Waals surface area contributed by atoms with Gasteiger partial charge in [-0.2, -0.15) is 0 Å². The van der Waals surface area contributed by atoms with Crippen molar-refractivity contribution in [1.82, 2.24) is 4.72 Å². The highest BCUT2D eigenvalue weighted by Crippen LogP contribution is 2.13. The predicted molar refractivity (Wildman–Crippen MR) is 62.2 cm³/mol. The molecule has 0 aromatic carbocycles. The molecule has 0 aliphatic heterocycles. The summed E-state index contributed by atoms with van der Waals surface area (Å²) in [5, 5.41) is 8.59. The number of hydrogen-bond acceptors (Lipinski definition) is 5. The molecular formula is C11H13NO5S. The Labute approximate surface area is 104 Å². The molecule has 0 aliphatic rings. The van der Waals surface area contributed by atoms with E-state index in [4.69, 9.17) is 13.9 Å². The second-order valence-electron chi connectivity index (χ2n) is 3.61. The summed E-state index contributed by atoms with van der Waals surface area (Å²) >= 11 is 0. The molecule has 0 radical (unpaired) electrons. The van der Waals surface area contributed by atoms with Crippen LogP contribution in [0.5, 0.6) is 0 Å². The Hall–Kier alpha value is -1.57. The molecule has 0 saturated heterocycles. The number of nitrogens with one attached hydrogen (secondary N) is 1. The Kier molecular flexibility index (Phi) is 3.85. The molecule has 0 atom stereocenters. The third-order valence-electron chi connectivity index (χ3n) is 2.30. The van der Waals surface area contributed by atoms with E-state index in [9.17, 15) is 8.42 Å². The molecule has 2 rings (SSSR count). The van der Waals surface area contributed by atoms with Crippen LogP contribution in [-0.4, -0.2) is 20.1 Å². The Morgan fingerprint density at radius 2 is 2.06 bits per heavy atom. The highest BCUT2D eigenvalue weighted by atomic mass is 32.2. The maximum atomic E-state index is 11.8. The first-order valence-electron chi connectivity index (χ1n) is 5.33. The van der Waals surface area contributed by atoms with E-state index in [-0.39, 0.29) is 24.0 Å². The van der Waals surface area contributed by atoms with Crippen LogP contribution in [0.4, 0.5) is 0 Å². The van der Waals surface area contributed by atoms with Crippen molar-refractivity contribution in [2.45, 2.75) is 18.1 Å². The minimum atomic E-state index is -3.67. The molecule has 0 unspecified atom stereocenters. The third kappa shape index (κ3) is 3.00. The van der Waals surface area contributed by atoms with Crippen LogP contribution >= 0.6 is 0 Å². The van der Waals surface area contributed by atoms with Gasteiger partial charge in [0.1, 0.15) is 18.1 Å². The first kappa shape index (κ1) is 12.9. The van der Waals surface area contributed by atoms with E-state index in [1.807, 2.05) is 0 Å². The molecule has 0 aliphatic carbocycles. The number of rotatable bonds is 6. The van der Waals surface area contributed by atoms with Crippen LogP contribution in [0.1, 0.15) is 11.5 Å². The van der Waals surface area contributed by atoms with Crippen molar-refractivity contribution in [2.24, 2.45) is 0 Å². The van der Waals surface area contributed by atoms with Crippen LogP contribution in [-0.2, 0) is 23.1 Å². The van der Waals surface area contributed by atoms with E-state index < -0.39 is 10.0 Å². The molecule has 7 heteroatoms. The smallest absolute Gasteiger partial charge is 0.273 e. The Morgan fingerprint density at radius 3 is 2.67 bits per heavy atom. The van der Waals surface area contributed by atoms with Gasteiger partial charge >= 0.3 is 0 Å². The quantitative estimate of drug-likeness (QED) is 0.813. The fourth-order valence-corrected chi connectivity index (χ4v) is 2.40. The molecule has 18 heavy (non-hydrogen) atoms. The van der Waals surface area contributed by atoms with Crippen LogP contribution in [0.2, 0.25) is 0 Å². The van der Waals surface area contributed by atoms with Gasteiger partial charge in [-0.25, -0.2) is 13.1 Å². The van der Waals surface area contributed by atoms with Gasteiger partial charge in [-0.1, -0.05) is 0 Å². The molecule has 2 aromatic heterocycles. The summed E-state index contributed by atoms with van der Waals surface area (Å²) in [4.78, 5) is 0. The summed E-state index contributed by atoms with van der Waals surface area (Å²) in [7, 11) is -3.67. The summed E-state index contributed by atoms with van der Waals surface area (Å²) < 4.78 is 36.0. The fourth-order valence-electron chi connectivity index (χ4n) is 1.42. The highest BCUT2D eigenvalue weighted by Gasteiger charge is 2.18. The standard InChI is InChI=1S/C11H13NO5S/c13-8-10-3-4-11(17-10)18(14,15)12-6-5-9-2-1-7-16-9/h1-4,7,12-13H,5-6,8H2. The number of aliphatic hydroxyl groups excluding tert-OH is 1. The number of aliphatic hydroxyl groups is 1. The Balaban J connectivity index is 1.95. The molecular weight excluding hydrogens is 258 g/mol. The van der Waals surface area contributed by atoms with Crippen molar-refractivity contribution < 1.29 is 22.4 Å². The molecule has 0 bridgehead atoms. The summed E-state index contributed by atoms with van der Waals surface area (Å²) in [5.74, 6) is 0.912. The minimum absolute atomic E-state index is 0.203. The van der Waals surface area contributed by atoms with Gasteiger partial charge in [0.05, 0.1) is 6.26 Å². The molecule has 0 fully saturated rings. The highest BCUT2D eigenvalue weighted by molar-refractivity contribution is 7.89. The molecule has 0 saturated carbocycles. The zero-order valence-corrected chi connectivity index (χ0v) is 10.3. The van der Waals surface area contributed by atoms with Crippen LogP contribution in [0.3, 0.4) is 0 Å². The second kappa shape index (κ2) is 5.38. The van der Waals surface area contributed by atoms with Crippen molar-refractivity contribution in [3.8, 4) is 0 Å². The average molecular weight is 271 g/mol. The zero-order valence-electron chi connectivity index (χ0n) is 9.50. The summed E-state index contributed by atoms with van der Waals surface area (Å²) in [6, 6.07) is 6.23. The Morgan fingerprint density at radius 1 is 1.22 bits per heavy atom. The SMILES string of the molecule is O=S(=O)(NCCc1ccco1)c1ccc(CO)o1. The van der Waals surface area contributed by atoms with Gasteiger partial charge in [0.15, 0.2) is 0 Å². The van der Waals surface area contributed by atoms with E-state index in [1.54, 1.807) is 12.1 Å². The summed E-state index contributed by atoms with van der Waals surface area (Å²) in [6.45, 7) is -0.118. The maximum Gasteiger partial charge on any atom is 0.273 e. The van der Waals surface area contributed by atoms with E-state index in [0.717, 1.165) is 0 Å². The van der Waals surface area contributed by atoms with Crippen molar-refractivity contribution in [3.05, 3.63) is 42.0 Å². The van der Waals surface area contributed by atoms with Gasteiger partial charge in [0.25, 0.3) is 10.0 Å². The van der Waals surface area contributed by atoms with E-state index in [2.05, 4.69) is 4.72 Å². The molecule has 0 amide bonds. The molecule has 6 nitrogen and oxygen atoms in total. The molecule has 98 valence electrons. The Bertz CT molecular complexity index is 585. The van der Waals surface area contributed by atoms with Crippen LogP contribution in [0.25, 0.3) is 0 Å². The summed E-state index contributed by atoms with van der Waals surface area (Å²) in [6.07, 6.45) is 1.99. The fraction of sp³-hybridized carbons (Fsp3) is 0.273. The van der Waals surface area contributed by atoms with Gasteiger partial charge in [0.2, 0.25) is 5.09 Å². The van der Waals surface area contributed by atoms with Gasteiger partial charge in [-0.05, 0) is 24.3 Å². The van der Waals surface area contributed by atoms with E-state index in [0.29, 0.717) is 12.2 Å². The lowest BCUT2D eigenvalue weighted by molar-refractivity contribution is 0.236. The number of furan rings is 2. The summed E-state index contributed by atoms with van der Waals surface area (Å²) in [5.41, 5.74) is 0. The minimum Gasteiger partial charge on any atom is -0.469 e. The lowest BCUT2D eigenvalue weighted by Crippen LogP contribution is -2.25. The van der Waals surface area contributed by atoms with Crippen LogP contribution in [0.15, 0.2) is 44.5 Å². The van der Waals surface area contributed by atoms with Crippen LogP contribution in [0, 0.1) is 0 Å². The number of hydrogen-bond donors (Lipinski definition) is 2. The van der Waals surface area contributed by atoms with Gasteiger partial charge in [-0.3, -0.25) is 0 Å². The molecule has 0 spiro atoms. The molecule has 2 N–H and O–H groups in total. The third-order valence-corrected chi connectivity index (χ3v) is 3.63.